The highest BCUT2D eigenvalue weighted by atomic mass is 16.4. The van der Waals surface area contributed by atoms with Gasteiger partial charge in [-0.05, 0) is 87.0 Å². The van der Waals surface area contributed by atoms with Crippen molar-refractivity contribution in [3.63, 3.8) is 0 Å². The van der Waals surface area contributed by atoms with Crippen LogP contribution in [0.1, 0.15) is 92.9 Å². The summed E-state index contributed by atoms with van der Waals surface area (Å²) in [5, 5.41) is 19.8. The molecule has 4 aliphatic carbocycles. The molecule has 5 nitrogen and oxygen atoms in total. The summed E-state index contributed by atoms with van der Waals surface area (Å²) in [6.07, 6.45) is 11.8. The van der Waals surface area contributed by atoms with Crippen molar-refractivity contribution in [2.24, 2.45) is 44.8 Å². The summed E-state index contributed by atoms with van der Waals surface area (Å²) >= 11 is 0. The fraction of sp³-hybridized carbons (Fsp3) is 0.688. The summed E-state index contributed by atoms with van der Waals surface area (Å²) in [5.74, 6) is -1.23. The van der Waals surface area contributed by atoms with Crippen molar-refractivity contribution >= 4 is 17.5 Å². The van der Waals surface area contributed by atoms with Crippen LogP contribution in [0.4, 0.5) is 0 Å². The van der Waals surface area contributed by atoms with E-state index in [9.17, 15) is 24.8 Å². The van der Waals surface area contributed by atoms with Gasteiger partial charge < -0.3 is 5.11 Å². The molecule has 7 atom stereocenters. The van der Waals surface area contributed by atoms with Gasteiger partial charge in [-0.2, -0.15) is 5.26 Å². The highest BCUT2D eigenvalue weighted by Gasteiger charge is 2.59. The molecule has 0 heterocycles. The number of hydrogen-bond donors (Lipinski definition) is 1. The molecule has 0 saturated heterocycles. The van der Waals surface area contributed by atoms with E-state index in [1.54, 1.807) is 0 Å². The lowest BCUT2D eigenvalue weighted by molar-refractivity contribution is -0.161. The molecule has 3 saturated carbocycles. The Labute approximate surface area is 222 Å². The first-order valence-corrected chi connectivity index (χ1v) is 13.9. The van der Waals surface area contributed by atoms with E-state index < -0.39 is 27.6 Å². The van der Waals surface area contributed by atoms with Crippen molar-refractivity contribution in [1.82, 2.24) is 0 Å². The van der Waals surface area contributed by atoms with Gasteiger partial charge in [0, 0.05) is 16.7 Å². The van der Waals surface area contributed by atoms with E-state index in [2.05, 4.69) is 33.4 Å². The van der Waals surface area contributed by atoms with E-state index in [1.165, 1.54) is 0 Å². The van der Waals surface area contributed by atoms with Crippen LogP contribution in [0.15, 0.2) is 36.0 Å². The minimum Gasteiger partial charge on any atom is -0.481 e. The molecule has 4 aliphatic rings. The number of fused-ring (bicyclic) bond motifs is 2. The molecule has 2 unspecified atom stereocenters. The highest BCUT2D eigenvalue weighted by molar-refractivity contribution is 6.04. The van der Waals surface area contributed by atoms with Crippen LogP contribution in [-0.2, 0) is 14.4 Å². The van der Waals surface area contributed by atoms with Gasteiger partial charge in [0.15, 0.2) is 11.6 Å². The van der Waals surface area contributed by atoms with Gasteiger partial charge in [-0.1, -0.05) is 52.3 Å². The monoisotopic (exact) mass is 505 g/mol. The fourth-order valence-electron chi connectivity index (χ4n) is 8.56. The molecule has 0 amide bonds. The van der Waals surface area contributed by atoms with Gasteiger partial charge in [-0.15, -0.1) is 6.58 Å². The maximum Gasteiger partial charge on any atom is 0.309 e. The van der Waals surface area contributed by atoms with Crippen LogP contribution >= 0.6 is 0 Å². The summed E-state index contributed by atoms with van der Waals surface area (Å²) in [4.78, 5) is 39.7. The predicted molar refractivity (Wildman–Crippen MR) is 143 cm³/mol. The number of carbonyl (C=O) groups excluding carboxylic acids is 2. The Hall–Kier alpha value is -2.48. The summed E-state index contributed by atoms with van der Waals surface area (Å²) in [6, 6.07) is 2.12. The number of allylic oxidation sites excluding steroid dienone is 5. The largest absolute Gasteiger partial charge is 0.481 e. The third-order valence-electron chi connectivity index (χ3n) is 11.4. The molecular formula is C32H43NO4. The fourth-order valence-corrected chi connectivity index (χ4v) is 8.56. The first kappa shape index (κ1) is 27.6. The number of aliphatic carboxylic acids is 1. The van der Waals surface area contributed by atoms with Crippen LogP contribution in [0.3, 0.4) is 0 Å². The Morgan fingerprint density at radius 3 is 2.35 bits per heavy atom. The molecule has 37 heavy (non-hydrogen) atoms. The van der Waals surface area contributed by atoms with Gasteiger partial charge in [0.05, 0.1) is 11.0 Å². The van der Waals surface area contributed by atoms with Crippen molar-refractivity contribution in [2.45, 2.75) is 92.9 Å². The molecule has 0 radical (unpaired) electrons. The van der Waals surface area contributed by atoms with Crippen LogP contribution in [-0.4, -0.2) is 22.6 Å². The number of nitriles is 1. The SMILES string of the molecule is C=C[C@]1(C)CCC2(C)CC[C@](C)(C(=O)O)CC2[C@H]1C(=O)/C=C1\CCC[C@H]2C(C)(C)C(=O)C(C#N)=C[C@]12C. The topological polar surface area (TPSA) is 95.2 Å². The molecule has 1 N–H and O–H groups in total. The van der Waals surface area contributed by atoms with Crippen LogP contribution in [0.2, 0.25) is 0 Å². The van der Waals surface area contributed by atoms with E-state index in [0.29, 0.717) is 12.8 Å². The second-order valence-electron chi connectivity index (χ2n) is 14.0. The van der Waals surface area contributed by atoms with Crippen molar-refractivity contribution in [3.05, 3.63) is 36.0 Å². The van der Waals surface area contributed by atoms with Crippen LogP contribution < -0.4 is 0 Å². The maximum absolute atomic E-state index is 14.4. The lowest BCUT2D eigenvalue weighted by Crippen LogP contribution is -2.54. The second-order valence-corrected chi connectivity index (χ2v) is 14.0. The average Bonchev–Trinajstić information content (AvgIpc) is 2.83. The van der Waals surface area contributed by atoms with Gasteiger partial charge in [-0.3, -0.25) is 14.4 Å². The molecule has 0 aliphatic heterocycles. The van der Waals surface area contributed by atoms with Crippen molar-refractivity contribution in [3.8, 4) is 6.07 Å². The number of rotatable bonds is 4. The predicted octanol–water partition coefficient (Wildman–Crippen LogP) is 6.85. The Balaban J connectivity index is 1.81. The Morgan fingerprint density at radius 2 is 1.76 bits per heavy atom. The van der Waals surface area contributed by atoms with Crippen LogP contribution in [0, 0.1) is 56.2 Å². The van der Waals surface area contributed by atoms with Crippen molar-refractivity contribution in [1.29, 1.82) is 5.26 Å². The maximum atomic E-state index is 14.4. The second kappa shape index (κ2) is 8.79. The summed E-state index contributed by atoms with van der Waals surface area (Å²) in [6.45, 7) is 16.3. The molecule has 0 aromatic carbocycles. The minimum atomic E-state index is -0.838. The Bertz CT molecular complexity index is 1150. The smallest absolute Gasteiger partial charge is 0.309 e. The number of carboxylic acids is 1. The van der Waals surface area contributed by atoms with E-state index >= 15 is 0 Å². The van der Waals surface area contributed by atoms with Crippen molar-refractivity contribution < 1.29 is 19.5 Å². The quantitative estimate of drug-likeness (QED) is 0.333. The highest BCUT2D eigenvalue weighted by Crippen LogP contribution is 2.63. The number of Topliss-reactive ketones (excluding diaryl/α,β-unsaturated/α-hetero) is 1. The third kappa shape index (κ3) is 4.06. The normalized spacial score (nSPS) is 44.1. The van der Waals surface area contributed by atoms with E-state index in [1.807, 2.05) is 39.0 Å². The molecule has 0 aromatic heterocycles. The molecule has 4 rings (SSSR count). The summed E-state index contributed by atoms with van der Waals surface area (Å²) < 4.78 is 0. The van der Waals surface area contributed by atoms with Gasteiger partial charge in [0.25, 0.3) is 0 Å². The molecule has 0 aromatic rings. The van der Waals surface area contributed by atoms with Gasteiger partial charge in [0.1, 0.15) is 6.07 Å². The molecule has 5 heteroatoms. The molecule has 0 spiro atoms. The zero-order valence-electron chi connectivity index (χ0n) is 23.4. The molecule has 0 bridgehead atoms. The molecular weight excluding hydrogens is 462 g/mol. The first-order chi connectivity index (χ1) is 17.1. The zero-order valence-corrected chi connectivity index (χ0v) is 23.4. The van der Waals surface area contributed by atoms with Crippen LogP contribution in [0.5, 0.6) is 0 Å². The lowest BCUT2D eigenvalue weighted by Gasteiger charge is -2.58. The third-order valence-corrected chi connectivity index (χ3v) is 11.4. The van der Waals surface area contributed by atoms with Gasteiger partial charge in [-0.25, -0.2) is 0 Å². The van der Waals surface area contributed by atoms with Gasteiger partial charge >= 0.3 is 5.97 Å². The number of ketones is 2. The molecule has 3 fully saturated rings. The summed E-state index contributed by atoms with van der Waals surface area (Å²) in [5.41, 5.74) is -1.37. The Morgan fingerprint density at radius 1 is 1.11 bits per heavy atom. The molecule has 200 valence electrons. The lowest BCUT2D eigenvalue weighted by atomic mass is 9.45. The Kier molecular flexibility index (Phi) is 6.54. The van der Waals surface area contributed by atoms with Crippen molar-refractivity contribution in [2.75, 3.05) is 0 Å². The first-order valence-electron chi connectivity index (χ1n) is 13.9. The van der Waals surface area contributed by atoms with E-state index in [0.717, 1.165) is 44.1 Å². The van der Waals surface area contributed by atoms with Gasteiger partial charge in [0.2, 0.25) is 0 Å². The number of nitrogens with zero attached hydrogens (tertiary/aromatic N) is 1. The van der Waals surface area contributed by atoms with E-state index in [-0.39, 0.29) is 40.3 Å². The number of carbonyl (C=O) groups is 3. The van der Waals surface area contributed by atoms with E-state index in [4.69, 9.17) is 0 Å². The zero-order chi connectivity index (χ0) is 27.6. The summed E-state index contributed by atoms with van der Waals surface area (Å²) in [7, 11) is 0. The number of carboxylic acid groups (broad SMARTS) is 1. The minimum absolute atomic E-state index is 0.0183. The average molecular weight is 506 g/mol. The standard InChI is InChI=1S/C32H43NO4/c1-8-29(4)12-13-30(5)14-15-31(6,27(36)37)18-22(30)25(29)23(34)16-21-10-9-11-24-28(2,3)26(35)20(19-33)17-32(21,24)7/h8,16-17,22,24-25H,1,9-15,18H2,2-7H3,(H,36,37)/b21-16+/t22?,24-,25-,29+,30?,31-,32+/m0/s1. The van der Waals surface area contributed by atoms with Crippen LogP contribution in [0.25, 0.3) is 0 Å². The number of hydrogen-bond acceptors (Lipinski definition) is 4.